The molecule has 0 saturated carbocycles. The van der Waals surface area contributed by atoms with E-state index in [1.807, 2.05) is 36.5 Å². The summed E-state index contributed by atoms with van der Waals surface area (Å²) in [6.45, 7) is 0.0918. The molecule has 1 atom stereocenters. The van der Waals surface area contributed by atoms with Crippen LogP contribution in [0.25, 0.3) is 10.9 Å². The number of hydrogen-bond acceptors (Lipinski definition) is 5. The fourth-order valence-corrected chi connectivity index (χ4v) is 3.84. The van der Waals surface area contributed by atoms with E-state index >= 15 is 0 Å². The minimum atomic E-state index is -0.701. The van der Waals surface area contributed by atoms with Crippen molar-refractivity contribution in [3.8, 4) is 11.5 Å². The zero-order chi connectivity index (χ0) is 21.4. The summed E-state index contributed by atoms with van der Waals surface area (Å²) < 4.78 is 10.6. The number of benzene rings is 2. The van der Waals surface area contributed by atoms with Gasteiger partial charge in [0, 0.05) is 30.1 Å². The summed E-state index contributed by atoms with van der Waals surface area (Å²) in [5.74, 6) is 0.457. The summed E-state index contributed by atoms with van der Waals surface area (Å²) in [5, 5.41) is 6.41. The minimum absolute atomic E-state index is 0.178. The number of H-pyrrole nitrogens is 1. The Bertz CT molecular complexity index is 1190. The summed E-state index contributed by atoms with van der Waals surface area (Å²) in [6.07, 6.45) is 2.19. The number of fused-ring (bicyclic) bond motifs is 2. The number of nitrogens with zero attached hydrogens (tertiary/aromatic N) is 1. The number of hydrogen-bond donors (Lipinski definition) is 3. The first-order chi connectivity index (χ1) is 15.1. The second kappa shape index (κ2) is 7.67. The zero-order valence-corrected chi connectivity index (χ0v) is 16.5. The van der Waals surface area contributed by atoms with Crippen LogP contribution in [0.5, 0.6) is 11.5 Å². The number of carbonyl (C=O) groups is 3. The molecule has 3 N–H and O–H groups in total. The number of nitrogens with one attached hydrogen (secondary N) is 3. The van der Waals surface area contributed by atoms with Crippen molar-refractivity contribution in [1.29, 1.82) is 0 Å². The van der Waals surface area contributed by atoms with Crippen LogP contribution in [0, 0.1) is 0 Å². The summed E-state index contributed by atoms with van der Waals surface area (Å²) in [6, 6.07) is 11.9. The second-order valence-electron chi connectivity index (χ2n) is 7.45. The molecule has 1 aromatic heterocycles. The predicted octanol–water partition coefficient (Wildman–Crippen LogP) is 1.68. The van der Waals surface area contributed by atoms with Crippen molar-refractivity contribution in [2.45, 2.75) is 19.0 Å². The molecule has 158 valence electrons. The van der Waals surface area contributed by atoms with Crippen LogP contribution in [-0.4, -0.2) is 47.1 Å². The molecule has 31 heavy (non-hydrogen) atoms. The van der Waals surface area contributed by atoms with Gasteiger partial charge in [0.25, 0.3) is 5.91 Å². The lowest BCUT2D eigenvalue weighted by Gasteiger charge is -2.13. The third-order valence-corrected chi connectivity index (χ3v) is 5.43. The third kappa shape index (κ3) is 3.65. The number of aromatic nitrogens is 1. The highest BCUT2D eigenvalue weighted by Crippen LogP contribution is 2.32. The Kier molecular flexibility index (Phi) is 4.70. The van der Waals surface area contributed by atoms with Crippen molar-refractivity contribution in [3.05, 3.63) is 59.8 Å². The molecular formula is C22H20N4O5. The SMILES string of the molecule is O=C(CN1C(=O)N[C@H](Cc2c[nH]c3ccccc23)C1=O)NCc1ccc2c(c1)OCO2. The van der Waals surface area contributed by atoms with Gasteiger partial charge >= 0.3 is 6.03 Å². The number of ether oxygens (including phenoxy) is 2. The average Bonchev–Trinajstić information content (AvgIpc) is 3.47. The molecule has 1 saturated heterocycles. The van der Waals surface area contributed by atoms with Crippen LogP contribution in [0.4, 0.5) is 4.79 Å². The highest BCUT2D eigenvalue weighted by Gasteiger charge is 2.39. The van der Waals surface area contributed by atoms with Crippen molar-refractivity contribution < 1.29 is 23.9 Å². The molecule has 9 heteroatoms. The van der Waals surface area contributed by atoms with E-state index in [1.54, 1.807) is 12.1 Å². The summed E-state index contributed by atoms with van der Waals surface area (Å²) in [5.41, 5.74) is 2.73. The predicted molar refractivity (Wildman–Crippen MR) is 110 cm³/mol. The van der Waals surface area contributed by atoms with Gasteiger partial charge in [0.05, 0.1) is 0 Å². The van der Waals surface area contributed by atoms with Crippen molar-refractivity contribution in [2.24, 2.45) is 0 Å². The van der Waals surface area contributed by atoms with Gasteiger partial charge in [-0.25, -0.2) is 4.79 Å². The molecule has 9 nitrogen and oxygen atoms in total. The maximum absolute atomic E-state index is 12.7. The first-order valence-corrected chi connectivity index (χ1v) is 9.90. The van der Waals surface area contributed by atoms with Gasteiger partial charge in [0.15, 0.2) is 11.5 Å². The number of rotatable bonds is 6. The van der Waals surface area contributed by atoms with Crippen LogP contribution in [0.2, 0.25) is 0 Å². The van der Waals surface area contributed by atoms with Gasteiger partial charge in [0.2, 0.25) is 12.7 Å². The number of imide groups is 1. The zero-order valence-electron chi connectivity index (χ0n) is 16.5. The fraction of sp³-hybridized carbons (Fsp3) is 0.227. The van der Waals surface area contributed by atoms with Crippen LogP contribution in [0.3, 0.4) is 0 Å². The van der Waals surface area contributed by atoms with Gasteiger partial charge in [0.1, 0.15) is 12.6 Å². The van der Waals surface area contributed by atoms with Gasteiger partial charge in [-0.2, -0.15) is 0 Å². The molecule has 0 radical (unpaired) electrons. The fourth-order valence-electron chi connectivity index (χ4n) is 3.84. The number of aromatic amines is 1. The van der Waals surface area contributed by atoms with Crippen molar-refractivity contribution in [2.75, 3.05) is 13.3 Å². The Morgan fingerprint density at radius 2 is 1.97 bits per heavy atom. The van der Waals surface area contributed by atoms with Crippen LogP contribution in [0.1, 0.15) is 11.1 Å². The molecule has 5 rings (SSSR count). The van der Waals surface area contributed by atoms with Crippen LogP contribution in [-0.2, 0) is 22.6 Å². The second-order valence-corrected chi connectivity index (χ2v) is 7.45. The first kappa shape index (κ1) is 19.0. The van der Waals surface area contributed by atoms with Gasteiger partial charge in [-0.1, -0.05) is 24.3 Å². The molecule has 0 spiro atoms. The lowest BCUT2D eigenvalue weighted by molar-refractivity contribution is -0.132. The standard InChI is InChI=1S/C22H20N4O5/c27-20(24-9-13-5-6-18-19(7-13)31-12-30-18)11-26-21(28)17(25-22(26)29)8-14-10-23-16-4-2-1-3-15(14)16/h1-7,10,17,23H,8-9,11-12H2,(H,24,27)(H,25,29)/t17-/m1/s1. The maximum Gasteiger partial charge on any atom is 0.325 e. The average molecular weight is 420 g/mol. The van der Waals surface area contributed by atoms with E-state index in [4.69, 9.17) is 9.47 Å². The van der Waals surface area contributed by atoms with E-state index in [2.05, 4.69) is 15.6 Å². The van der Waals surface area contributed by atoms with Gasteiger partial charge in [-0.05, 0) is 29.3 Å². The molecule has 2 aliphatic rings. The molecule has 0 aliphatic carbocycles. The summed E-state index contributed by atoms with van der Waals surface area (Å²) in [7, 11) is 0. The van der Waals surface area contributed by atoms with E-state index in [9.17, 15) is 14.4 Å². The Balaban J connectivity index is 1.19. The molecule has 1 fully saturated rings. The topological polar surface area (TPSA) is 113 Å². The van der Waals surface area contributed by atoms with E-state index in [-0.39, 0.29) is 19.9 Å². The smallest absolute Gasteiger partial charge is 0.325 e. The lowest BCUT2D eigenvalue weighted by Crippen LogP contribution is -2.41. The normalized spacial score (nSPS) is 17.3. The van der Waals surface area contributed by atoms with Gasteiger partial charge in [-0.15, -0.1) is 0 Å². The maximum atomic E-state index is 12.7. The first-order valence-electron chi connectivity index (χ1n) is 9.90. The number of carbonyl (C=O) groups excluding carboxylic acids is 3. The van der Waals surface area contributed by atoms with Crippen molar-refractivity contribution in [1.82, 2.24) is 20.5 Å². The Hall–Kier alpha value is -4.01. The van der Waals surface area contributed by atoms with E-state index in [0.29, 0.717) is 17.9 Å². The number of amides is 4. The monoisotopic (exact) mass is 420 g/mol. The Morgan fingerprint density at radius 3 is 2.87 bits per heavy atom. The number of para-hydroxylation sites is 1. The van der Waals surface area contributed by atoms with Crippen molar-refractivity contribution in [3.63, 3.8) is 0 Å². The van der Waals surface area contributed by atoms with Gasteiger partial charge < -0.3 is 25.1 Å². The van der Waals surface area contributed by atoms with E-state index in [0.717, 1.165) is 26.9 Å². The third-order valence-electron chi connectivity index (χ3n) is 5.43. The largest absolute Gasteiger partial charge is 0.454 e. The highest BCUT2D eigenvalue weighted by atomic mass is 16.7. The van der Waals surface area contributed by atoms with E-state index in [1.165, 1.54) is 0 Å². The molecule has 3 aromatic rings. The molecule has 4 amide bonds. The lowest BCUT2D eigenvalue weighted by atomic mass is 10.1. The molecule has 0 bridgehead atoms. The quantitative estimate of drug-likeness (QED) is 0.525. The van der Waals surface area contributed by atoms with Crippen LogP contribution >= 0.6 is 0 Å². The highest BCUT2D eigenvalue weighted by molar-refractivity contribution is 6.06. The Labute approximate surface area is 177 Å². The van der Waals surface area contributed by atoms with E-state index < -0.39 is 23.9 Å². The Morgan fingerprint density at radius 1 is 1.13 bits per heavy atom. The molecule has 2 aromatic carbocycles. The van der Waals surface area contributed by atoms with Crippen LogP contribution < -0.4 is 20.1 Å². The molecular weight excluding hydrogens is 400 g/mol. The summed E-state index contributed by atoms with van der Waals surface area (Å²) in [4.78, 5) is 41.5. The van der Waals surface area contributed by atoms with Crippen molar-refractivity contribution >= 4 is 28.7 Å². The minimum Gasteiger partial charge on any atom is -0.454 e. The van der Waals surface area contributed by atoms with Gasteiger partial charge in [-0.3, -0.25) is 14.5 Å². The number of urea groups is 1. The molecule has 3 heterocycles. The summed E-state index contributed by atoms with van der Waals surface area (Å²) >= 11 is 0. The van der Waals surface area contributed by atoms with Crippen LogP contribution in [0.15, 0.2) is 48.7 Å². The molecule has 2 aliphatic heterocycles. The molecule has 0 unspecified atom stereocenters.